The number of hydrogen-bond acceptors (Lipinski definition) is 7. The van der Waals surface area contributed by atoms with Gasteiger partial charge in [0.1, 0.15) is 12.4 Å². The molecule has 10 nitrogen and oxygen atoms in total. The van der Waals surface area contributed by atoms with Crippen LogP contribution in [-0.4, -0.2) is 49.2 Å². The summed E-state index contributed by atoms with van der Waals surface area (Å²) in [6.45, 7) is 5.83. The van der Waals surface area contributed by atoms with Crippen molar-refractivity contribution in [3.8, 4) is 0 Å². The van der Waals surface area contributed by atoms with Crippen LogP contribution in [0.5, 0.6) is 0 Å². The van der Waals surface area contributed by atoms with Crippen molar-refractivity contribution in [2.24, 2.45) is 0 Å². The number of aromatic nitrogens is 5. The summed E-state index contributed by atoms with van der Waals surface area (Å²) in [5.74, 6) is 0. The first-order valence-electron chi connectivity index (χ1n) is 7.41. The highest BCUT2D eigenvalue weighted by Crippen LogP contribution is 2.09. The average molecular weight is 324 g/mol. The van der Waals surface area contributed by atoms with Gasteiger partial charge in [-0.2, -0.15) is 5.10 Å². The Morgan fingerprint density at radius 1 is 1.30 bits per heavy atom. The molecule has 0 spiro atoms. The SMILES string of the molecule is CCOC(Cn1nncc1CCn1cc([N+](=O)[O-])cn1)OCC. The van der Waals surface area contributed by atoms with Gasteiger partial charge in [-0.05, 0) is 13.8 Å². The van der Waals surface area contributed by atoms with Crippen molar-refractivity contribution < 1.29 is 14.4 Å². The molecule has 0 saturated heterocycles. The van der Waals surface area contributed by atoms with Crippen molar-refractivity contribution in [3.05, 3.63) is 34.4 Å². The summed E-state index contributed by atoms with van der Waals surface area (Å²) >= 11 is 0. The third kappa shape index (κ3) is 4.83. The molecule has 0 bridgehead atoms. The van der Waals surface area contributed by atoms with Crippen molar-refractivity contribution in [2.45, 2.75) is 39.6 Å². The lowest BCUT2D eigenvalue weighted by atomic mass is 10.3. The molecule has 0 fully saturated rings. The molecule has 23 heavy (non-hydrogen) atoms. The average Bonchev–Trinajstić information content (AvgIpc) is 3.14. The zero-order valence-electron chi connectivity index (χ0n) is 13.2. The first-order valence-corrected chi connectivity index (χ1v) is 7.41. The van der Waals surface area contributed by atoms with Crippen molar-refractivity contribution in [2.75, 3.05) is 13.2 Å². The summed E-state index contributed by atoms with van der Waals surface area (Å²) < 4.78 is 14.2. The van der Waals surface area contributed by atoms with Gasteiger partial charge in [-0.15, -0.1) is 5.10 Å². The van der Waals surface area contributed by atoms with Crippen molar-refractivity contribution >= 4 is 5.69 Å². The van der Waals surface area contributed by atoms with Crippen molar-refractivity contribution in [1.82, 2.24) is 24.8 Å². The molecule has 2 heterocycles. The minimum Gasteiger partial charge on any atom is -0.351 e. The fourth-order valence-electron chi connectivity index (χ4n) is 2.09. The topological polar surface area (TPSA) is 110 Å². The molecule has 0 aliphatic carbocycles. The largest absolute Gasteiger partial charge is 0.351 e. The third-order valence-corrected chi connectivity index (χ3v) is 3.15. The number of hydrogen-bond donors (Lipinski definition) is 0. The van der Waals surface area contributed by atoms with Crippen LogP contribution >= 0.6 is 0 Å². The highest BCUT2D eigenvalue weighted by atomic mass is 16.7. The molecule has 0 amide bonds. The molecule has 0 radical (unpaired) electrons. The molecule has 0 aromatic carbocycles. The van der Waals surface area contributed by atoms with Crippen LogP contribution in [0.4, 0.5) is 5.69 Å². The Hall–Kier alpha value is -2.33. The normalized spacial score (nSPS) is 11.3. The fraction of sp³-hybridized carbons (Fsp3) is 0.615. The summed E-state index contributed by atoms with van der Waals surface area (Å²) in [5.41, 5.74) is 0.858. The Morgan fingerprint density at radius 3 is 2.65 bits per heavy atom. The van der Waals surface area contributed by atoms with Gasteiger partial charge in [-0.3, -0.25) is 14.8 Å². The Bertz CT molecular complexity index is 620. The molecule has 126 valence electrons. The molecule has 0 N–H and O–H groups in total. The predicted octanol–water partition coefficient (Wildman–Crippen LogP) is 1.02. The van der Waals surface area contributed by atoms with Crippen LogP contribution in [0.1, 0.15) is 19.5 Å². The van der Waals surface area contributed by atoms with E-state index in [-0.39, 0.29) is 12.0 Å². The van der Waals surface area contributed by atoms with Crippen molar-refractivity contribution in [3.63, 3.8) is 0 Å². The maximum Gasteiger partial charge on any atom is 0.306 e. The van der Waals surface area contributed by atoms with E-state index in [0.29, 0.717) is 32.7 Å². The van der Waals surface area contributed by atoms with Gasteiger partial charge in [-0.1, -0.05) is 5.21 Å². The number of nitrogens with zero attached hydrogens (tertiary/aromatic N) is 6. The summed E-state index contributed by atoms with van der Waals surface area (Å²) in [4.78, 5) is 10.2. The lowest BCUT2D eigenvalue weighted by Crippen LogP contribution is -2.25. The molecular formula is C13H20N6O4. The summed E-state index contributed by atoms with van der Waals surface area (Å²) in [6.07, 6.45) is 4.51. The highest BCUT2D eigenvalue weighted by Gasteiger charge is 2.14. The molecule has 2 aromatic heterocycles. The van der Waals surface area contributed by atoms with Crippen LogP contribution in [-0.2, 0) is 29.0 Å². The van der Waals surface area contributed by atoms with Gasteiger partial charge in [0.05, 0.1) is 23.4 Å². The maximum atomic E-state index is 10.6. The fourth-order valence-corrected chi connectivity index (χ4v) is 2.09. The second kappa shape index (κ2) is 8.34. The van der Waals surface area contributed by atoms with E-state index in [4.69, 9.17) is 9.47 Å². The van der Waals surface area contributed by atoms with E-state index in [9.17, 15) is 10.1 Å². The van der Waals surface area contributed by atoms with Crippen LogP contribution in [0.15, 0.2) is 18.6 Å². The van der Waals surface area contributed by atoms with E-state index in [2.05, 4.69) is 15.4 Å². The van der Waals surface area contributed by atoms with E-state index in [1.165, 1.54) is 17.1 Å². The summed E-state index contributed by atoms with van der Waals surface area (Å²) in [7, 11) is 0. The van der Waals surface area contributed by atoms with Crippen LogP contribution in [0.3, 0.4) is 0 Å². The van der Waals surface area contributed by atoms with E-state index >= 15 is 0 Å². The second-order valence-electron chi connectivity index (χ2n) is 4.72. The Labute approximate surface area is 133 Å². The maximum absolute atomic E-state index is 10.6. The minimum atomic E-state index is -0.468. The first kappa shape index (κ1) is 17.0. The lowest BCUT2D eigenvalue weighted by molar-refractivity contribution is -0.385. The lowest BCUT2D eigenvalue weighted by Gasteiger charge is -2.17. The van der Waals surface area contributed by atoms with Gasteiger partial charge in [-0.25, -0.2) is 4.68 Å². The van der Waals surface area contributed by atoms with Gasteiger partial charge < -0.3 is 9.47 Å². The molecular weight excluding hydrogens is 304 g/mol. The van der Waals surface area contributed by atoms with E-state index in [1.54, 1.807) is 10.9 Å². The second-order valence-corrected chi connectivity index (χ2v) is 4.72. The number of aryl methyl sites for hydroxylation is 2. The quantitative estimate of drug-likeness (QED) is 0.364. The molecule has 0 saturated carbocycles. The molecule has 0 atom stereocenters. The van der Waals surface area contributed by atoms with Gasteiger partial charge >= 0.3 is 5.69 Å². The summed E-state index contributed by atoms with van der Waals surface area (Å²) in [5, 5.41) is 22.5. The standard InChI is InChI=1S/C13H20N6O4/c1-3-22-13(23-4-2)10-18-11(7-14-16-18)5-6-17-9-12(8-15-17)19(20)21/h7-9,13H,3-6,10H2,1-2H3. The molecule has 10 heteroatoms. The van der Waals surface area contributed by atoms with Crippen LogP contribution in [0, 0.1) is 10.1 Å². The monoisotopic (exact) mass is 324 g/mol. The van der Waals surface area contributed by atoms with E-state index in [0.717, 1.165) is 5.69 Å². The third-order valence-electron chi connectivity index (χ3n) is 3.15. The van der Waals surface area contributed by atoms with Gasteiger partial charge in [0.25, 0.3) is 0 Å². The van der Waals surface area contributed by atoms with Crippen LogP contribution in [0.2, 0.25) is 0 Å². The van der Waals surface area contributed by atoms with Crippen LogP contribution < -0.4 is 0 Å². The predicted molar refractivity (Wildman–Crippen MR) is 79.6 cm³/mol. The van der Waals surface area contributed by atoms with Gasteiger partial charge in [0.15, 0.2) is 6.29 Å². The molecule has 0 aliphatic rings. The Balaban J connectivity index is 1.95. The van der Waals surface area contributed by atoms with E-state index in [1.807, 2.05) is 13.8 Å². The number of rotatable bonds is 10. The minimum absolute atomic E-state index is 0.0237. The highest BCUT2D eigenvalue weighted by molar-refractivity contribution is 5.20. The van der Waals surface area contributed by atoms with Crippen molar-refractivity contribution in [1.29, 1.82) is 0 Å². The van der Waals surface area contributed by atoms with Gasteiger partial charge in [0.2, 0.25) is 0 Å². The Morgan fingerprint density at radius 2 is 2.04 bits per heavy atom. The molecule has 0 aliphatic heterocycles. The molecule has 0 unspecified atom stereocenters. The van der Waals surface area contributed by atoms with Crippen LogP contribution in [0.25, 0.3) is 0 Å². The number of ether oxygens (including phenoxy) is 2. The Kier molecular flexibility index (Phi) is 6.18. The molecule has 2 aromatic rings. The van der Waals surface area contributed by atoms with E-state index < -0.39 is 4.92 Å². The zero-order chi connectivity index (χ0) is 16.7. The number of nitro groups is 1. The first-order chi connectivity index (χ1) is 11.1. The molecule has 2 rings (SSSR count). The zero-order valence-corrected chi connectivity index (χ0v) is 13.2. The summed E-state index contributed by atoms with van der Waals surface area (Å²) in [6, 6.07) is 0. The van der Waals surface area contributed by atoms with Gasteiger partial charge in [0, 0.05) is 26.2 Å². The smallest absolute Gasteiger partial charge is 0.306 e.